The maximum Gasteiger partial charge on any atom is 0.0666 e. The zero-order valence-electron chi connectivity index (χ0n) is 9.33. The Labute approximate surface area is 90.1 Å². The Morgan fingerprint density at radius 1 is 1.50 bits per heavy atom. The highest BCUT2D eigenvalue weighted by atomic mass is 32.1. The van der Waals surface area contributed by atoms with Crippen LogP contribution in [0, 0.1) is 6.92 Å². The van der Waals surface area contributed by atoms with Gasteiger partial charge in [-0.1, -0.05) is 0 Å². The number of hydrogen-bond donors (Lipinski definition) is 1. The van der Waals surface area contributed by atoms with Gasteiger partial charge in [0.05, 0.1) is 18.2 Å². The summed E-state index contributed by atoms with van der Waals surface area (Å²) in [5.41, 5.74) is 7.07. The van der Waals surface area contributed by atoms with Crippen LogP contribution in [0.2, 0.25) is 0 Å². The average molecular weight is 213 g/mol. The highest BCUT2D eigenvalue weighted by molar-refractivity contribution is 7.10. The van der Waals surface area contributed by atoms with Crippen LogP contribution in [0.3, 0.4) is 0 Å². The highest BCUT2D eigenvalue weighted by Gasteiger charge is 2.14. The maximum absolute atomic E-state index is 6.00. The van der Waals surface area contributed by atoms with E-state index in [2.05, 4.69) is 18.4 Å². The molecule has 1 unspecified atom stereocenters. The van der Waals surface area contributed by atoms with Gasteiger partial charge in [0.25, 0.3) is 0 Å². The van der Waals surface area contributed by atoms with Gasteiger partial charge >= 0.3 is 0 Å². The van der Waals surface area contributed by atoms with Gasteiger partial charge in [-0.25, -0.2) is 0 Å². The summed E-state index contributed by atoms with van der Waals surface area (Å²) in [6.45, 7) is 8.79. The molecule has 2 nitrogen and oxygen atoms in total. The number of hydrogen-bond acceptors (Lipinski definition) is 3. The van der Waals surface area contributed by atoms with Gasteiger partial charge in [-0.3, -0.25) is 0 Å². The third-order valence-electron chi connectivity index (χ3n) is 1.87. The van der Waals surface area contributed by atoms with E-state index >= 15 is 0 Å². The molecule has 0 aliphatic heterocycles. The predicted molar refractivity (Wildman–Crippen MR) is 61.7 cm³/mol. The van der Waals surface area contributed by atoms with Crippen LogP contribution in [0.4, 0.5) is 0 Å². The molecule has 3 heteroatoms. The van der Waals surface area contributed by atoms with Gasteiger partial charge in [-0.2, -0.15) is 0 Å². The zero-order chi connectivity index (χ0) is 10.8. The highest BCUT2D eigenvalue weighted by Crippen LogP contribution is 2.20. The predicted octanol–water partition coefficient (Wildman–Crippen LogP) is 2.87. The second kappa shape index (κ2) is 4.43. The first-order chi connectivity index (χ1) is 6.38. The van der Waals surface area contributed by atoms with E-state index in [0.29, 0.717) is 6.61 Å². The van der Waals surface area contributed by atoms with Gasteiger partial charge in [0.2, 0.25) is 0 Å². The lowest BCUT2D eigenvalue weighted by Crippen LogP contribution is -2.26. The van der Waals surface area contributed by atoms with E-state index < -0.39 is 0 Å². The van der Waals surface area contributed by atoms with E-state index in [4.69, 9.17) is 10.5 Å². The largest absolute Gasteiger partial charge is 0.374 e. The topological polar surface area (TPSA) is 35.2 Å². The number of rotatable bonds is 3. The first-order valence-electron chi connectivity index (χ1n) is 4.83. The minimum absolute atomic E-state index is 0.000764. The van der Waals surface area contributed by atoms with Crippen LogP contribution in [0.15, 0.2) is 11.4 Å². The van der Waals surface area contributed by atoms with Gasteiger partial charge in [-0.15, -0.1) is 11.3 Å². The lowest BCUT2D eigenvalue weighted by Gasteiger charge is -2.22. The summed E-state index contributed by atoms with van der Waals surface area (Å²) < 4.78 is 5.63. The molecule has 2 N–H and O–H groups in total. The quantitative estimate of drug-likeness (QED) is 0.838. The van der Waals surface area contributed by atoms with E-state index in [-0.39, 0.29) is 11.6 Å². The molecule has 0 aromatic carbocycles. The fourth-order valence-electron chi connectivity index (χ4n) is 1.09. The molecule has 0 aliphatic carbocycles. The normalized spacial score (nSPS) is 14.4. The molecule has 0 aliphatic rings. The Morgan fingerprint density at radius 3 is 2.57 bits per heavy atom. The molecule has 1 aromatic heterocycles. The summed E-state index contributed by atoms with van der Waals surface area (Å²) in [6.07, 6.45) is 0. The van der Waals surface area contributed by atoms with Crippen LogP contribution < -0.4 is 5.73 Å². The number of ether oxygens (including phenoxy) is 1. The van der Waals surface area contributed by atoms with E-state index in [9.17, 15) is 0 Å². The Kier molecular flexibility index (Phi) is 3.70. The van der Waals surface area contributed by atoms with Crippen molar-refractivity contribution in [1.29, 1.82) is 0 Å². The third-order valence-corrected chi connectivity index (χ3v) is 2.75. The van der Waals surface area contributed by atoms with Gasteiger partial charge in [0, 0.05) is 4.88 Å². The van der Waals surface area contributed by atoms with Crippen molar-refractivity contribution in [3.05, 3.63) is 21.9 Å². The molecule has 1 heterocycles. The molecule has 1 rings (SSSR count). The lowest BCUT2D eigenvalue weighted by molar-refractivity contribution is -0.0102. The average Bonchev–Trinajstić information content (AvgIpc) is 2.46. The van der Waals surface area contributed by atoms with Crippen molar-refractivity contribution in [3.8, 4) is 0 Å². The molecule has 0 radical (unpaired) electrons. The molecular weight excluding hydrogens is 194 g/mol. The first-order valence-corrected chi connectivity index (χ1v) is 5.71. The third kappa shape index (κ3) is 3.78. The summed E-state index contributed by atoms with van der Waals surface area (Å²) in [4.78, 5) is 1.30. The molecule has 80 valence electrons. The molecule has 0 fully saturated rings. The maximum atomic E-state index is 6.00. The fraction of sp³-hybridized carbons (Fsp3) is 0.636. The Hall–Kier alpha value is -0.380. The van der Waals surface area contributed by atoms with Gasteiger partial charge in [-0.05, 0) is 44.7 Å². The van der Waals surface area contributed by atoms with Crippen molar-refractivity contribution >= 4 is 11.3 Å². The summed E-state index contributed by atoms with van der Waals surface area (Å²) in [7, 11) is 0. The molecule has 0 bridgehead atoms. The number of nitrogens with two attached hydrogens (primary N) is 1. The summed E-state index contributed by atoms with van der Waals surface area (Å²) in [5, 5.41) is 2.10. The van der Waals surface area contributed by atoms with Crippen LogP contribution in [0.25, 0.3) is 0 Å². The van der Waals surface area contributed by atoms with Crippen LogP contribution in [0.5, 0.6) is 0 Å². The molecule has 1 atom stereocenters. The minimum Gasteiger partial charge on any atom is -0.374 e. The van der Waals surface area contributed by atoms with Crippen LogP contribution in [-0.4, -0.2) is 12.2 Å². The van der Waals surface area contributed by atoms with Crippen molar-refractivity contribution < 1.29 is 4.74 Å². The van der Waals surface area contributed by atoms with Gasteiger partial charge in [0.15, 0.2) is 0 Å². The summed E-state index contributed by atoms with van der Waals surface area (Å²) >= 11 is 1.73. The van der Waals surface area contributed by atoms with Crippen molar-refractivity contribution in [2.24, 2.45) is 5.73 Å². The molecule has 14 heavy (non-hydrogen) atoms. The number of thiophene rings is 1. The van der Waals surface area contributed by atoms with E-state index in [1.54, 1.807) is 11.3 Å². The molecule has 0 saturated carbocycles. The fourth-order valence-corrected chi connectivity index (χ4v) is 1.86. The summed E-state index contributed by atoms with van der Waals surface area (Å²) in [6, 6.07) is 2.13. The van der Waals surface area contributed by atoms with E-state index in [1.165, 1.54) is 10.4 Å². The SMILES string of the molecule is Cc1cc(C(N)COC(C)(C)C)cs1. The van der Waals surface area contributed by atoms with Crippen LogP contribution >= 0.6 is 11.3 Å². The van der Waals surface area contributed by atoms with E-state index in [1.807, 2.05) is 20.8 Å². The van der Waals surface area contributed by atoms with E-state index in [0.717, 1.165) is 0 Å². The Bertz CT molecular complexity index is 288. The summed E-state index contributed by atoms with van der Waals surface area (Å²) in [5.74, 6) is 0. The standard InChI is InChI=1S/C11H19NOS/c1-8-5-9(7-14-8)10(12)6-13-11(2,3)4/h5,7,10H,6,12H2,1-4H3. The molecule has 0 amide bonds. The van der Waals surface area contributed by atoms with Gasteiger partial charge < -0.3 is 10.5 Å². The first kappa shape index (κ1) is 11.7. The Balaban J connectivity index is 2.47. The molecular formula is C11H19NOS. The van der Waals surface area contributed by atoms with Crippen molar-refractivity contribution in [2.45, 2.75) is 39.3 Å². The second-order valence-electron chi connectivity index (χ2n) is 4.52. The van der Waals surface area contributed by atoms with Crippen molar-refractivity contribution in [1.82, 2.24) is 0 Å². The zero-order valence-corrected chi connectivity index (χ0v) is 10.1. The number of aryl methyl sites for hydroxylation is 1. The van der Waals surface area contributed by atoms with Crippen LogP contribution in [-0.2, 0) is 4.74 Å². The lowest BCUT2D eigenvalue weighted by atomic mass is 10.1. The van der Waals surface area contributed by atoms with Gasteiger partial charge in [0.1, 0.15) is 0 Å². The van der Waals surface area contributed by atoms with Crippen LogP contribution in [0.1, 0.15) is 37.3 Å². The molecule has 0 spiro atoms. The minimum atomic E-state index is -0.108. The smallest absolute Gasteiger partial charge is 0.0666 e. The molecule has 0 saturated heterocycles. The van der Waals surface area contributed by atoms with Crippen molar-refractivity contribution in [2.75, 3.05) is 6.61 Å². The molecule has 1 aromatic rings. The van der Waals surface area contributed by atoms with Crippen molar-refractivity contribution in [3.63, 3.8) is 0 Å². The monoisotopic (exact) mass is 213 g/mol. The second-order valence-corrected chi connectivity index (χ2v) is 5.64. The Morgan fingerprint density at radius 2 is 2.14 bits per heavy atom.